The van der Waals surface area contributed by atoms with E-state index in [0.29, 0.717) is 10.8 Å². The highest BCUT2D eigenvalue weighted by atomic mass is 35.5. The first-order chi connectivity index (χ1) is 9.79. The third kappa shape index (κ3) is 2.32. The van der Waals surface area contributed by atoms with Crippen molar-refractivity contribution in [1.82, 2.24) is 9.97 Å². The van der Waals surface area contributed by atoms with Crippen LogP contribution in [-0.4, -0.2) is 17.1 Å². The maximum Gasteiger partial charge on any atom is 0.137 e. The summed E-state index contributed by atoms with van der Waals surface area (Å²) in [7, 11) is 1.63. The lowest BCUT2D eigenvalue weighted by atomic mass is 9.92. The second-order valence-corrected chi connectivity index (χ2v) is 4.99. The van der Waals surface area contributed by atoms with E-state index in [-0.39, 0.29) is 5.92 Å². The van der Waals surface area contributed by atoms with Gasteiger partial charge in [-0.1, -0.05) is 17.7 Å². The normalized spacial score (nSPS) is 10.9. The van der Waals surface area contributed by atoms with Gasteiger partial charge in [0.2, 0.25) is 0 Å². The van der Waals surface area contributed by atoms with E-state index >= 15 is 0 Å². The van der Waals surface area contributed by atoms with Crippen LogP contribution in [-0.2, 0) is 0 Å². The maximum atomic E-state index is 6.11. The number of halogens is 1. The van der Waals surface area contributed by atoms with E-state index in [1.165, 1.54) is 0 Å². The van der Waals surface area contributed by atoms with Crippen LogP contribution in [0, 0.1) is 0 Å². The van der Waals surface area contributed by atoms with Crippen LogP contribution in [0.2, 0.25) is 5.02 Å². The minimum Gasteiger partial charge on any atom is -0.495 e. The number of H-pyrrole nitrogens is 2. The molecular weight excluding hydrogens is 272 g/mol. The molecule has 0 spiro atoms. The van der Waals surface area contributed by atoms with Crippen LogP contribution in [0.1, 0.15) is 22.9 Å². The van der Waals surface area contributed by atoms with Crippen molar-refractivity contribution in [2.24, 2.45) is 0 Å². The smallest absolute Gasteiger partial charge is 0.137 e. The van der Waals surface area contributed by atoms with Crippen LogP contribution >= 0.6 is 11.6 Å². The second-order valence-electron chi connectivity index (χ2n) is 4.58. The summed E-state index contributed by atoms with van der Waals surface area (Å²) in [6.45, 7) is 0. The minimum absolute atomic E-state index is 0.103. The number of rotatable bonds is 4. The summed E-state index contributed by atoms with van der Waals surface area (Å²) in [6, 6.07) is 14.0. The number of ether oxygens (including phenoxy) is 1. The van der Waals surface area contributed by atoms with Crippen LogP contribution in [0.15, 0.2) is 54.9 Å². The molecule has 2 N–H and O–H groups in total. The summed E-state index contributed by atoms with van der Waals surface area (Å²) in [6.07, 6.45) is 3.86. The number of methoxy groups -OCH3 is 1. The molecule has 3 nitrogen and oxygen atoms in total. The summed E-state index contributed by atoms with van der Waals surface area (Å²) in [5.74, 6) is 0.790. The van der Waals surface area contributed by atoms with Gasteiger partial charge in [0.25, 0.3) is 0 Å². The molecule has 4 heteroatoms. The van der Waals surface area contributed by atoms with E-state index in [1.807, 2.05) is 42.7 Å². The molecule has 20 heavy (non-hydrogen) atoms. The van der Waals surface area contributed by atoms with Crippen molar-refractivity contribution in [1.29, 1.82) is 0 Å². The number of nitrogens with one attached hydrogen (secondary N) is 2. The lowest BCUT2D eigenvalue weighted by Crippen LogP contribution is -2.04. The molecule has 3 aromatic rings. The first kappa shape index (κ1) is 12.9. The Hall–Kier alpha value is -2.13. The van der Waals surface area contributed by atoms with E-state index in [2.05, 4.69) is 22.1 Å². The maximum absolute atomic E-state index is 6.11. The Kier molecular flexibility index (Phi) is 3.52. The van der Waals surface area contributed by atoms with E-state index < -0.39 is 0 Å². The van der Waals surface area contributed by atoms with Gasteiger partial charge in [-0.25, -0.2) is 0 Å². The van der Waals surface area contributed by atoms with Gasteiger partial charge in [0.05, 0.1) is 18.1 Å². The van der Waals surface area contributed by atoms with Crippen LogP contribution in [0.3, 0.4) is 0 Å². The van der Waals surface area contributed by atoms with Gasteiger partial charge in [-0.15, -0.1) is 0 Å². The van der Waals surface area contributed by atoms with Gasteiger partial charge in [0.15, 0.2) is 0 Å². The van der Waals surface area contributed by atoms with E-state index in [9.17, 15) is 0 Å². The first-order valence-corrected chi connectivity index (χ1v) is 6.77. The molecule has 0 fully saturated rings. The Balaban J connectivity index is 2.11. The van der Waals surface area contributed by atoms with Crippen molar-refractivity contribution < 1.29 is 4.74 Å². The van der Waals surface area contributed by atoms with Crippen LogP contribution in [0.25, 0.3) is 0 Å². The molecule has 0 radical (unpaired) electrons. The SMILES string of the molecule is COc1cc(C(c2ccc[nH]2)c2ccc[nH]2)ccc1Cl. The fourth-order valence-electron chi connectivity index (χ4n) is 2.43. The topological polar surface area (TPSA) is 40.8 Å². The van der Waals surface area contributed by atoms with Gasteiger partial charge < -0.3 is 14.7 Å². The zero-order valence-electron chi connectivity index (χ0n) is 11.1. The van der Waals surface area contributed by atoms with Gasteiger partial charge in [0.1, 0.15) is 5.75 Å². The Morgan fingerprint density at radius 3 is 2.15 bits per heavy atom. The molecule has 2 heterocycles. The van der Waals surface area contributed by atoms with Crippen molar-refractivity contribution >= 4 is 11.6 Å². The molecule has 1 aromatic carbocycles. The van der Waals surface area contributed by atoms with Gasteiger partial charge >= 0.3 is 0 Å². The van der Waals surface area contributed by atoms with E-state index in [4.69, 9.17) is 16.3 Å². The standard InChI is InChI=1S/C16H15ClN2O/c1-20-15-10-11(6-7-12(15)17)16(13-4-2-8-18-13)14-5-3-9-19-14/h2-10,16,18-19H,1H3. The lowest BCUT2D eigenvalue weighted by Gasteiger charge is -2.16. The quantitative estimate of drug-likeness (QED) is 0.742. The summed E-state index contributed by atoms with van der Waals surface area (Å²) < 4.78 is 5.32. The largest absolute Gasteiger partial charge is 0.495 e. The van der Waals surface area contributed by atoms with Crippen LogP contribution in [0.5, 0.6) is 5.75 Å². The molecule has 0 unspecified atom stereocenters. The van der Waals surface area contributed by atoms with E-state index in [0.717, 1.165) is 17.0 Å². The second kappa shape index (κ2) is 5.47. The highest BCUT2D eigenvalue weighted by Gasteiger charge is 2.19. The summed E-state index contributed by atoms with van der Waals surface area (Å²) in [4.78, 5) is 6.56. The first-order valence-electron chi connectivity index (χ1n) is 6.39. The molecule has 0 bridgehead atoms. The number of hydrogen-bond donors (Lipinski definition) is 2. The van der Waals surface area contributed by atoms with Crippen molar-refractivity contribution in [2.75, 3.05) is 7.11 Å². The predicted octanol–water partition coefficient (Wildman–Crippen LogP) is 4.19. The van der Waals surface area contributed by atoms with Crippen molar-refractivity contribution in [3.05, 3.63) is 76.8 Å². The monoisotopic (exact) mass is 286 g/mol. The fraction of sp³-hybridized carbons (Fsp3) is 0.125. The molecule has 0 saturated carbocycles. The average Bonchev–Trinajstić information content (AvgIpc) is 3.15. The van der Waals surface area contributed by atoms with Crippen molar-refractivity contribution in [2.45, 2.75) is 5.92 Å². The Morgan fingerprint density at radius 1 is 1.00 bits per heavy atom. The third-order valence-corrected chi connectivity index (χ3v) is 3.69. The minimum atomic E-state index is 0.103. The van der Waals surface area contributed by atoms with Crippen molar-refractivity contribution in [3.8, 4) is 5.75 Å². The van der Waals surface area contributed by atoms with Crippen LogP contribution in [0.4, 0.5) is 0 Å². The van der Waals surface area contributed by atoms with Crippen LogP contribution < -0.4 is 4.74 Å². The van der Waals surface area contributed by atoms with Crippen molar-refractivity contribution in [3.63, 3.8) is 0 Å². The Labute approximate surface area is 122 Å². The Morgan fingerprint density at radius 2 is 1.65 bits per heavy atom. The molecule has 2 aromatic heterocycles. The molecule has 102 valence electrons. The zero-order valence-corrected chi connectivity index (χ0v) is 11.8. The molecule has 3 rings (SSSR count). The Bertz CT molecular complexity index is 640. The summed E-state index contributed by atoms with van der Waals surface area (Å²) >= 11 is 6.11. The molecule has 0 saturated heterocycles. The number of hydrogen-bond acceptors (Lipinski definition) is 1. The molecule has 0 aliphatic carbocycles. The van der Waals surface area contributed by atoms with Gasteiger partial charge in [-0.2, -0.15) is 0 Å². The van der Waals surface area contributed by atoms with Gasteiger partial charge in [-0.3, -0.25) is 0 Å². The molecule has 0 aliphatic heterocycles. The summed E-state index contributed by atoms with van der Waals surface area (Å²) in [5.41, 5.74) is 3.37. The average molecular weight is 287 g/mol. The fourth-order valence-corrected chi connectivity index (χ4v) is 2.62. The lowest BCUT2D eigenvalue weighted by molar-refractivity contribution is 0.414. The number of benzene rings is 1. The third-order valence-electron chi connectivity index (χ3n) is 3.37. The predicted molar refractivity (Wildman–Crippen MR) is 80.5 cm³/mol. The van der Waals surface area contributed by atoms with E-state index in [1.54, 1.807) is 7.11 Å². The molecule has 0 amide bonds. The number of aromatic amines is 2. The zero-order chi connectivity index (χ0) is 13.9. The van der Waals surface area contributed by atoms with Gasteiger partial charge in [0, 0.05) is 23.8 Å². The summed E-state index contributed by atoms with van der Waals surface area (Å²) in [5, 5.41) is 0.618. The molecular formula is C16H15ClN2O. The number of aromatic nitrogens is 2. The molecule has 0 aliphatic rings. The molecule has 0 atom stereocenters. The highest BCUT2D eigenvalue weighted by molar-refractivity contribution is 6.32. The van der Waals surface area contributed by atoms with Gasteiger partial charge in [-0.05, 0) is 42.0 Å². The highest BCUT2D eigenvalue weighted by Crippen LogP contribution is 2.34.